The first-order chi connectivity index (χ1) is 8.72. The average molecular weight is 369 g/mol. The second-order valence-electron chi connectivity index (χ2n) is 4.93. The van der Waals surface area contributed by atoms with Crippen molar-refractivity contribution in [2.24, 2.45) is 0 Å². The monoisotopic (exact) mass is 368 g/mol. The van der Waals surface area contributed by atoms with E-state index in [4.69, 9.17) is 11.6 Å². The molecule has 2 heteroatoms. The van der Waals surface area contributed by atoms with E-state index in [-0.39, 0.29) is 0 Å². The molecule has 0 saturated heterocycles. The maximum atomic E-state index is 6.23. The molecule has 1 aliphatic carbocycles. The van der Waals surface area contributed by atoms with Gasteiger partial charge in [-0.15, -0.1) is 0 Å². The first-order valence-corrected chi connectivity index (χ1v) is 7.71. The van der Waals surface area contributed by atoms with Gasteiger partial charge >= 0.3 is 0 Å². The van der Waals surface area contributed by atoms with Crippen LogP contribution in [0.2, 0.25) is 5.02 Å². The summed E-state index contributed by atoms with van der Waals surface area (Å²) in [5.74, 6) is 0.834. The molecule has 0 radical (unpaired) electrons. The van der Waals surface area contributed by atoms with Crippen LogP contribution in [0.3, 0.4) is 0 Å². The van der Waals surface area contributed by atoms with Crippen LogP contribution in [0.4, 0.5) is 0 Å². The van der Waals surface area contributed by atoms with Crippen LogP contribution >= 0.6 is 34.2 Å². The molecular weight excluding hydrogens is 355 g/mol. The van der Waals surface area contributed by atoms with Gasteiger partial charge in [0, 0.05) is 8.59 Å². The predicted octanol–water partition coefficient (Wildman–Crippen LogP) is 5.41. The van der Waals surface area contributed by atoms with E-state index in [1.54, 1.807) is 0 Å². The second kappa shape index (κ2) is 5.22. The lowest BCUT2D eigenvalue weighted by atomic mass is 10.0. The molecule has 1 aliphatic rings. The Bertz CT molecular complexity index is 556. The maximum absolute atomic E-state index is 6.23. The molecule has 18 heavy (non-hydrogen) atoms. The second-order valence-corrected chi connectivity index (χ2v) is 6.58. The molecule has 0 spiro atoms. The fourth-order valence-corrected chi connectivity index (χ4v) is 2.96. The van der Waals surface area contributed by atoms with Gasteiger partial charge in [-0.3, -0.25) is 0 Å². The van der Waals surface area contributed by atoms with E-state index in [0.29, 0.717) is 0 Å². The first kappa shape index (κ1) is 12.5. The summed E-state index contributed by atoms with van der Waals surface area (Å²) in [5.41, 5.74) is 4.04. The summed E-state index contributed by atoms with van der Waals surface area (Å²) < 4.78 is 1.24. The van der Waals surface area contributed by atoms with Crippen LogP contribution in [0.25, 0.3) is 0 Å². The van der Waals surface area contributed by atoms with Crippen LogP contribution in [0.1, 0.15) is 35.4 Å². The van der Waals surface area contributed by atoms with Gasteiger partial charge in [0.25, 0.3) is 0 Å². The van der Waals surface area contributed by atoms with Crippen molar-refractivity contribution < 1.29 is 0 Å². The van der Waals surface area contributed by atoms with Crippen LogP contribution in [-0.2, 0) is 6.42 Å². The third-order valence-corrected chi connectivity index (χ3v) is 4.47. The van der Waals surface area contributed by atoms with Crippen molar-refractivity contribution >= 4 is 34.2 Å². The third kappa shape index (κ3) is 2.89. The van der Waals surface area contributed by atoms with Gasteiger partial charge in [-0.2, -0.15) is 0 Å². The van der Waals surface area contributed by atoms with Crippen LogP contribution in [-0.4, -0.2) is 0 Å². The summed E-state index contributed by atoms with van der Waals surface area (Å²) in [7, 11) is 0. The molecule has 0 atom stereocenters. The fourth-order valence-electron chi connectivity index (χ4n) is 2.22. The van der Waals surface area contributed by atoms with Crippen molar-refractivity contribution in [3.8, 4) is 0 Å². The summed E-state index contributed by atoms with van der Waals surface area (Å²) >= 11 is 8.56. The Kier molecular flexibility index (Phi) is 3.62. The van der Waals surface area contributed by atoms with E-state index in [2.05, 4.69) is 52.9 Å². The zero-order valence-electron chi connectivity index (χ0n) is 10.00. The Morgan fingerprint density at radius 2 is 1.78 bits per heavy atom. The van der Waals surface area contributed by atoms with E-state index < -0.39 is 0 Å². The number of halogens is 2. The zero-order chi connectivity index (χ0) is 12.5. The van der Waals surface area contributed by atoms with E-state index >= 15 is 0 Å². The van der Waals surface area contributed by atoms with Gasteiger partial charge in [0.2, 0.25) is 0 Å². The van der Waals surface area contributed by atoms with Crippen molar-refractivity contribution in [1.82, 2.24) is 0 Å². The summed E-state index contributed by atoms with van der Waals surface area (Å²) in [4.78, 5) is 0. The molecule has 0 unspecified atom stereocenters. The van der Waals surface area contributed by atoms with Gasteiger partial charge in [-0.1, -0.05) is 35.9 Å². The van der Waals surface area contributed by atoms with Crippen LogP contribution in [0.5, 0.6) is 0 Å². The molecule has 1 saturated carbocycles. The van der Waals surface area contributed by atoms with Crippen molar-refractivity contribution in [1.29, 1.82) is 0 Å². The zero-order valence-corrected chi connectivity index (χ0v) is 12.9. The standard InChI is InChI=1S/C16H14ClI/c17-16-8-7-15(18)10-14(16)9-11-1-3-12(4-2-11)13-5-6-13/h1-4,7-8,10,13H,5-6,9H2. The molecule has 2 aromatic rings. The summed E-state index contributed by atoms with van der Waals surface area (Å²) in [6.45, 7) is 0. The van der Waals surface area contributed by atoms with Crippen LogP contribution < -0.4 is 0 Å². The van der Waals surface area contributed by atoms with Crippen LogP contribution in [0, 0.1) is 3.57 Å². The Labute approximate surface area is 127 Å². The molecule has 0 nitrogen and oxygen atoms in total. The van der Waals surface area contributed by atoms with Gasteiger partial charge < -0.3 is 0 Å². The minimum absolute atomic E-state index is 0.834. The van der Waals surface area contributed by atoms with Crippen molar-refractivity contribution in [2.45, 2.75) is 25.2 Å². The SMILES string of the molecule is Clc1ccc(I)cc1Cc1ccc(C2CC2)cc1. The predicted molar refractivity (Wildman–Crippen MR) is 85.4 cm³/mol. The summed E-state index contributed by atoms with van der Waals surface area (Å²) in [6, 6.07) is 15.2. The molecule has 0 N–H and O–H groups in total. The van der Waals surface area contributed by atoms with Gasteiger partial charge in [0.15, 0.2) is 0 Å². The molecule has 92 valence electrons. The largest absolute Gasteiger partial charge is 0.0840 e. The Hall–Kier alpha value is -0.540. The third-order valence-electron chi connectivity index (χ3n) is 3.43. The molecule has 0 heterocycles. The molecule has 0 bridgehead atoms. The highest BCUT2D eigenvalue weighted by atomic mass is 127. The minimum atomic E-state index is 0.834. The number of hydrogen-bond acceptors (Lipinski definition) is 0. The normalized spacial score (nSPS) is 14.8. The Morgan fingerprint density at radius 3 is 2.44 bits per heavy atom. The number of benzene rings is 2. The highest BCUT2D eigenvalue weighted by Gasteiger charge is 2.22. The van der Waals surface area contributed by atoms with Gasteiger partial charge in [0.05, 0.1) is 0 Å². The lowest BCUT2D eigenvalue weighted by Crippen LogP contribution is -1.91. The van der Waals surface area contributed by atoms with Crippen molar-refractivity contribution in [3.05, 3.63) is 67.7 Å². The molecule has 3 rings (SSSR count). The van der Waals surface area contributed by atoms with Gasteiger partial charge in [-0.25, -0.2) is 0 Å². The first-order valence-electron chi connectivity index (χ1n) is 6.25. The van der Waals surface area contributed by atoms with E-state index in [0.717, 1.165) is 17.4 Å². The molecule has 2 aromatic carbocycles. The lowest BCUT2D eigenvalue weighted by molar-refractivity contribution is 1.11. The van der Waals surface area contributed by atoms with E-state index in [9.17, 15) is 0 Å². The molecule has 1 fully saturated rings. The number of hydrogen-bond donors (Lipinski definition) is 0. The van der Waals surface area contributed by atoms with Gasteiger partial charge in [0.1, 0.15) is 0 Å². The Morgan fingerprint density at radius 1 is 1.06 bits per heavy atom. The van der Waals surface area contributed by atoms with E-state index in [1.807, 2.05) is 12.1 Å². The fraction of sp³-hybridized carbons (Fsp3) is 0.250. The highest BCUT2D eigenvalue weighted by Crippen LogP contribution is 2.40. The average Bonchev–Trinajstić information content (AvgIpc) is 3.19. The van der Waals surface area contributed by atoms with E-state index in [1.165, 1.54) is 33.1 Å². The maximum Gasteiger partial charge on any atom is 0.0442 e. The van der Waals surface area contributed by atoms with Gasteiger partial charge in [-0.05, 0) is 82.7 Å². The molecule has 0 aliphatic heterocycles. The summed E-state index contributed by atoms with van der Waals surface area (Å²) in [6.07, 6.45) is 3.64. The van der Waals surface area contributed by atoms with Crippen molar-refractivity contribution in [2.75, 3.05) is 0 Å². The summed E-state index contributed by atoms with van der Waals surface area (Å²) in [5, 5.41) is 0.863. The minimum Gasteiger partial charge on any atom is -0.0840 e. The van der Waals surface area contributed by atoms with Crippen LogP contribution in [0.15, 0.2) is 42.5 Å². The highest BCUT2D eigenvalue weighted by molar-refractivity contribution is 14.1. The molecule has 0 amide bonds. The molecular formula is C16H14ClI. The topological polar surface area (TPSA) is 0 Å². The van der Waals surface area contributed by atoms with Crippen molar-refractivity contribution in [3.63, 3.8) is 0 Å². The molecule has 0 aromatic heterocycles. The lowest BCUT2D eigenvalue weighted by Gasteiger charge is -2.06. The Balaban J connectivity index is 1.80. The quantitative estimate of drug-likeness (QED) is 0.635. The number of rotatable bonds is 3. The smallest absolute Gasteiger partial charge is 0.0442 e.